The van der Waals surface area contributed by atoms with Gasteiger partial charge in [0.2, 0.25) is 0 Å². The smallest absolute Gasteiger partial charge is 0.0705 e. The molecule has 0 radical (unpaired) electrons. The van der Waals surface area contributed by atoms with Crippen molar-refractivity contribution in [2.24, 2.45) is 17.8 Å². The van der Waals surface area contributed by atoms with Gasteiger partial charge in [0.15, 0.2) is 0 Å². The van der Waals surface area contributed by atoms with E-state index in [1.54, 1.807) is 0 Å². The number of hydrogen-bond donors (Lipinski definition) is 1. The number of fused-ring (bicyclic) bond motifs is 2. The molecule has 1 aromatic heterocycles. The summed E-state index contributed by atoms with van der Waals surface area (Å²) in [6.07, 6.45) is 6.21. The van der Waals surface area contributed by atoms with Crippen molar-refractivity contribution >= 4 is 10.9 Å². The van der Waals surface area contributed by atoms with Crippen LogP contribution in [0.25, 0.3) is 10.9 Å². The predicted molar refractivity (Wildman–Crippen MR) is 77.9 cm³/mol. The van der Waals surface area contributed by atoms with Crippen LogP contribution in [0.3, 0.4) is 0 Å². The Bertz CT molecular complexity index is 592. The van der Waals surface area contributed by atoms with E-state index in [0.29, 0.717) is 6.04 Å². The highest BCUT2D eigenvalue weighted by molar-refractivity contribution is 5.82. The zero-order valence-corrected chi connectivity index (χ0v) is 11.3. The third-order valence-electron chi connectivity index (χ3n) is 5.18. The standard InChI is InChI=1S/C17H20N2/c1-18-17(16-12-5-2-6-13(12)16)14-7-3-9-15-11(14)8-4-10-19-15/h3-4,7-10,12-13,16-18H,2,5-6H2,1H3. The van der Waals surface area contributed by atoms with E-state index in [-0.39, 0.29) is 0 Å². The van der Waals surface area contributed by atoms with E-state index in [4.69, 9.17) is 0 Å². The summed E-state index contributed by atoms with van der Waals surface area (Å²) in [5.74, 6) is 2.80. The molecule has 0 amide bonds. The molecule has 98 valence electrons. The van der Waals surface area contributed by atoms with Gasteiger partial charge in [0.05, 0.1) is 5.52 Å². The molecular formula is C17H20N2. The lowest BCUT2D eigenvalue weighted by Crippen LogP contribution is -2.21. The van der Waals surface area contributed by atoms with Crippen LogP contribution < -0.4 is 5.32 Å². The molecule has 2 aliphatic rings. The number of nitrogens with zero attached hydrogens (tertiary/aromatic N) is 1. The molecule has 2 saturated carbocycles. The number of rotatable bonds is 3. The first kappa shape index (κ1) is 11.4. The Balaban J connectivity index is 1.76. The summed E-state index contributed by atoms with van der Waals surface area (Å²) in [5.41, 5.74) is 2.55. The number of benzene rings is 1. The van der Waals surface area contributed by atoms with Crippen LogP contribution in [0.15, 0.2) is 36.5 Å². The molecule has 2 fully saturated rings. The van der Waals surface area contributed by atoms with E-state index in [9.17, 15) is 0 Å². The van der Waals surface area contributed by atoms with Crippen molar-refractivity contribution in [3.05, 3.63) is 42.1 Å². The minimum atomic E-state index is 0.503. The minimum Gasteiger partial charge on any atom is -0.313 e. The Kier molecular flexibility index (Phi) is 2.59. The molecule has 1 aromatic carbocycles. The molecule has 1 heterocycles. The lowest BCUT2D eigenvalue weighted by Gasteiger charge is -2.20. The molecule has 2 aromatic rings. The molecule has 3 unspecified atom stereocenters. The first-order valence-electron chi connectivity index (χ1n) is 7.41. The van der Waals surface area contributed by atoms with Crippen LogP contribution in [0.2, 0.25) is 0 Å². The Morgan fingerprint density at radius 3 is 2.79 bits per heavy atom. The van der Waals surface area contributed by atoms with Crippen molar-refractivity contribution in [3.63, 3.8) is 0 Å². The monoisotopic (exact) mass is 252 g/mol. The summed E-state index contributed by atoms with van der Waals surface area (Å²) in [4.78, 5) is 4.48. The third-order valence-corrected chi connectivity index (χ3v) is 5.18. The van der Waals surface area contributed by atoms with Crippen molar-refractivity contribution in [1.82, 2.24) is 10.3 Å². The zero-order chi connectivity index (χ0) is 12.8. The van der Waals surface area contributed by atoms with E-state index in [2.05, 4.69) is 41.6 Å². The Hall–Kier alpha value is -1.41. The molecule has 0 bridgehead atoms. The van der Waals surface area contributed by atoms with Crippen LogP contribution in [-0.2, 0) is 0 Å². The van der Waals surface area contributed by atoms with Crippen molar-refractivity contribution in [2.45, 2.75) is 25.3 Å². The highest BCUT2D eigenvalue weighted by Crippen LogP contribution is 2.62. The van der Waals surface area contributed by atoms with Crippen molar-refractivity contribution in [1.29, 1.82) is 0 Å². The highest BCUT2D eigenvalue weighted by Gasteiger charge is 2.55. The molecule has 3 atom stereocenters. The van der Waals surface area contributed by atoms with E-state index in [1.807, 2.05) is 12.3 Å². The van der Waals surface area contributed by atoms with Crippen molar-refractivity contribution in [3.8, 4) is 0 Å². The molecule has 2 aliphatic carbocycles. The molecule has 0 aliphatic heterocycles. The third kappa shape index (κ3) is 1.70. The minimum absolute atomic E-state index is 0.503. The van der Waals surface area contributed by atoms with Crippen molar-refractivity contribution in [2.75, 3.05) is 7.05 Å². The number of pyridine rings is 1. The Morgan fingerprint density at radius 1 is 1.16 bits per heavy atom. The second kappa shape index (κ2) is 4.31. The van der Waals surface area contributed by atoms with E-state index < -0.39 is 0 Å². The quantitative estimate of drug-likeness (QED) is 0.903. The van der Waals surface area contributed by atoms with Gasteiger partial charge in [-0.25, -0.2) is 0 Å². The average molecular weight is 252 g/mol. The molecule has 2 nitrogen and oxygen atoms in total. The topological polar surface area (TPSA) is 24.9 Å². The van der Waals surface area contributed by atoms with E-state index in [1.165, 1.54) is 30.2 Å². The maximum atomic E-state index is 4.48. The molecule has 1 N–H and O–H groups in total. The normalized spacial score (nSPS) is 30.3. The summed E-state index contributed by atoms with van der Waals surface area (Å²) < 4.78 is 0. The summed E-state index contributed by atoms with van der Waals surface area (Å²) in [6.45, 7) is 0. The van der Waals surface area contributed by atoms with Gasteiger partial charge < -0.3 is 5.32 Å². The fraction of sp³-hybridized carbons (Fsp3) is 0.471. The van der Waals surface area contributed by atoms with Gasteiger partial charge in [-0.15, -0.1) is 0 Å². The number of nitrogens with one attached hydrogen (secondary N) is 1. The Morgan fingerprint density at radius 2 is 2.00 bits per heavy atom. The molecule has 19 heavy (non-hydrogen) atoms. The van der Waals surface area contributed by atoms with Crippen LogP contribution >= 0.6 is 0 Å². The largest absolute Gasteiger partial charge is 0.313 e. The maximum absolute atomic E-state index is 4.48. The van der Waals surface area contributed by atoms with Gasteiger partial charge >= 0.3 is 0 Å². The van der Waals surface area contributed by atoms with Gasteiger partial charge in [-0.1, -0.05) is 24.6 Å². The molecule has 0 saturated heterocycles. The predicted octanol–water partition coefficient (Wildman–Crippen LogP) is 3.54. The molecule has 2 heteroatoms. The lowest BCUT2D eigenvalue weighted by molar-refractivity contribution is 0.447. The highest BCUT2D eigenvalue weighted by atomic mass is 14.9. The SMILES string of the molecule is CNC(c1cccc2ncccc12)C1C2CCCC21. The first-order chi connectivity index (χ1) is 9.40. The van der Waals surface area contributed by atoms with Crippen LogP contribution in [-0.4, -0.2) is 12.0 Å². The fourth-order valence-electron chi connectivity index (χ4n) is 4.32. The second-order valence-electron chi connectivity index (χ2n) is 6.02. The van der Waals surface area contributed by atoms with Crippen LogP contribution in [0.5, 0.6) is 0 Å². The summed E-state index contributed by atoms with van der Waals surface area (Å²) in [7, 11) is 2.11. The number of hydrogen-bond acceptors (Lipinski definition) is 2. The molecule has 4 rings (SSSR count). The van der Waals surface area contributed by atoms with Gasteiger partial charge in [-0.3, -0.25) is 4.98 Å². The van der Waals surface area contributed by atoms with E-state index in [0.717, 1.165) is 23.3 Å². The summed E-state index contributed by atoms with van der Waals surface area (Å²) in [5, 5.41) is 4.89. The molecular weight excluding hydrogens is 232 g/mol. The average Bonchev–Trinajstić information content (AvgIpc) is 2.93. The van der Waals surface area contributed by atoms with Gasteiger partial charge in [0.1, 0.15) is 0 Å². The fourth-order valence-corrected chi connectivity index (χ4v) is 4.32. The summed E-state index contributed by atoms with van der Waals surface area (Å²) >= 11 is 0. The van der Waals surface area contributed by atoms with Gasteiger partial charge in [-0.05, 0) is 55.3 Å². The van der Waals surface area contributed by atoms with Gasteiger partial charge in [0, 0.05) is 17.6 Å². The van der Waals surface area contributed by atoms with Crippen LogP contribution in [0, 0.1) is 17.8 Å². The Labute approximate surface area is 114 Å². The van der Waals surface area contributed by atoms with Gasteiger partial charge in [-0.2, -0.15) is 0 Å². The summed E-state index contributed by atoms with van der Waals surface area (Å²) in [6, 6.07) is 11.3. The van der Waals surface area contributed by atoms with E-state index >= 15 is 0 Å². The lowest BCUT2D eigenvalue weighted by atomic mass is 9.94. The van der Waals surface area contributed by atoms with Crippen LogP contribution in [0.1, 0.15) is 30.9 Å². The maximum Gasteiger partial charge on any atom is 0.0705 e. The van der Waals surface area contributed by atoms with Crippen LogP contribution in [0.4, 0.5) is 0 Å². The zero-order valence-electron chi connectivity index (χ0n) is 11.3. The van der Waals surface area contributed by atoms with Crippen molar-refractivity contribution < 1.29 is 0 Å². The second-order valence-corrected chi connectivity index (χ2v) is 6.02. The van der Waals surface area contributed by atoms with Gasteiger partial charge in [0.25, 0.3) is 0 Å². The molecule has 0 spiro atoms. The first-order valence-corrected chi connectivity index (χ1v) is 7.41. The number of aromatic nitrogens is 1.